The molecule has 7 nitrogen and oxygen atoms in total. The number of nitrogens with one attached hydrogen (secondary N) is 2. The molecule has 0 unspecified atom stereocenters. The molecule has 2 amide bonds. The predicted molar refractivity (Wildman–Crippen MR) is 114 cm³/mol. The fourth-order valence-corrected chi connectivity index (χ4v) is 3.39. The largest absolute Gasteiger partial charge is 0.358 e. The molecule has 0 aliphatic carbocycles. The first-order valence-electron chi connectivity index (χ1n) is 9.40. The van der Waals surface area contributed by atoms with Crippen LogP contribution in [0, 0.1) is 0 Å². The Kier molecular flexibility index (Phi) is 4.97. The van der Waals surface area contributed by atoms with Crippen molar-refractivity contribution >= 4 is 29.1 Å². The molecule has 2 aromatic rings. The SMILES string of the molecule is CN1CCN=C1c1ccc(NC(=O)Nc2ccc(C3=NCCN3C)cc2)cc1. The molecule has 0 saturated carbocycles. The molecule has 0 radical (unpaired) electrons. The minimum atomic E-state index is -0.272. The number of carbonyl (C=O) groups is 1. The van der Waals surface area contributed by atoms with E-state index in [-0.39, 0.29) is 6.03 Å². The molecule has 0 saturated heterocycles. The Labute approximate surface area is 164 Å². The normalized spacial score (nSPS) is 16.1. The number of carbonyl (C=O) groups excluding carboxylic acids is 1. The average molecular weight is 376 g/mol. The summed E-state index contributed by atoms with van der Waals surface area (Å²) in [7, 11) is 4.07. The molecule has 0 spiro atoms. The number of amides is 2. The summed E-state index contributed by atoms with van der Waals surface area (Å²) in [6, 6.07) is 15.2. The maximum absolute atomic E-state index is 12.3. The van der Waals surface area contributed by atoms with Crippen molar-refractivity contribution in [3.05, 3.63) is 59.7 Å². The average Bonchev–Trinajstić information content (AvgIpc) is 3.31. The Morgan fingerprint density at radius 3 is 1.46 bits per heavy atom. The van der Waals surface area contributed by atoms with Crippen LogP contribution in [-0.4, -0.2) is 67.8 Å². The van der Waals surface area contributed by atoms with Gasteiger partial charge in [-0.05, 0) is 48.5 Å². The number of hydrogen-bond acceptors (Lipinski definition) is 5. The van der Waals surface area contributed by atoms with Gasteiger partial charge in [-0.3, -0.25) is 9.98 Å². The van der Waals surface area contributed by atoms with Gasteiger partial charge in [-0.2, -0.15) is 0 Å². The van der Waals surface area contributed by atoms with E-state index in [0.29, 0.717) is 0 Å². The summed E-state index contributed by atoms with van der Waals surface area (Å²) in [4.78, 5) is 25.6. The molecule has 28 heavy (non-hydrogen) atoms. The van der Waals surface area contributed by atoms with Crippen LogP contribution < -0.4 is 10.6 Å². The van der Waals surface area contributed by atoms with Crippen molar-refractivity contribution in [2.24, 2.45) is 9.98 Å². The van der Waals surface area contributed by atoms with Crippen LogP contribution in [0.3, 0.4) is 0 Å². The predicted octanol–water partition coefficient (Wildman–Crippen LogP) is 2.71. The number of nitrogens with zero attached hydrogens (tertiary/aromatic N) is 4. The van der Waals surface area contributed by atoms with Gasteiger partial charge in [0.2, 0.25) is 0 Å². The fraction of sp³-hybridized carbons (Fsp3) is 0.286. The summed E-state index contributed by atoms with van der Waals surface area (Å²) >= 11 is 0. The minimum absolute atomic E-state index is 0.272. The van der Waals surface area contributed by atoms with E-state index < -0.39 is 0 Å². The standard InChI is InChI=1S/C21H24N6O/c1-26-13-11-22-19(26)15-3-7-17(8-4-15)24-21(28)25-18-9-5-16(6-10-18)20-23-12-14-27(20)2/h3-10H,11-14H2,1-2H3,(H2,24,25,28). The molecule has 2 aromatic carbocycles. The van der Waals surface area contributed by atoms with Crippen molar-refractivity contribution in [1.29, 1.82) is 0 Å². The van der Waals surface area contributed by atoms with Crippen molar-refractivity contribution in [3.8, 4) is 0 Å². The van der Waals surface area contributed by atoms with Gasteiger partial charge in [0.15, 0.2) is 0 Å². The van der Waals surface area contributed by atoms with Crippen LogP contribution in [-0.2, 0) is 0 Å². The highest BCUT2D eigenvalue weighted by atomic mass is 16.2. The molecular weight excluding hydrogens is 352 g/mol. The smallest absolute Gasteiger partial charge is 0.323 e. The van der Waals surface area contributed by atoms with Gasteiger partial charge in [0.1, 0.15) is 11.7 Å². The molecule has 0 fully saturated rings. The molecule has 0 bridgehead atoms. The van der Waals surface area contributed by atoms with E-state index in [0.717, 1.165) is 60.4 Å². The molecule has 2 aliphatic heterocycles. The number of hydrogen-bond donors (Lipinski definition) is 2. The highest BCUT2D eigenvalue weighted by Gasteiger charge is 2.15. The van der Waals surface area contributed by atoms with Crippen LogP contribution in [0.5, 0.6) is 0 Å². The lowest BCUT2D eigenvalue weighted by molar-refractivity contribution is 0.262. The van der Waals surface area contributed by atoms with Gasteiger partial charge < -0.3 is 20.4 Å². The van der Waals surface area contributed by atoms with Gasteiger partial charge in [0.25, 0.3) is 0 Å². The van der Waals surface area contributed by atoms with Gasteiger partial charge in [-0.1, -0.05) is 0 Å². The first-order chi connectivity index (χ1) is 13.6. The second kappa shape index (κ2) is 7.72. The van der Waals surface area contributed by atoms with E-state index in [4.69, 9.17) is 0 Å². The first-order valence-corrected chi connectivity index (χ1v) is 9.40. The summed E-state index contributed by atoms with van der Waals surface area (Å²) in [6.07, 6.45) is 0. The van der Waals surface area contributed by atoms with Crippen LogP contribution in [0.2, 0.25) is 0 Å². The maximum atomic E-state index is 12.3. The summed E-state index contributed by atoms with van der Waals surface area (Å²) in [5.74, 6) is 1.99. The lowest BCUT2D eigenvalue weighted by atomic mass is 10.2. The number of rotatable bonds is 4. The zero-order valence-corrected chi connectivity index (χ0v) is 16.1. The van der Waals surface area contributed by atoms with Gasteiger partial charge in [0, 0.05) is 49.7 Å². The Bertz CT molecular complexity index is 841. The number of amidine groups is 2. The summed E-state index contributed by atoms with van der Waals surface area (Å²) in [5, 5.41) is 5.72. The Hall–Kier alpha value is -3.35. The summed E-state index contributed by atoms with van der Waals surface area (Å²) < 4.78 is 0. The number of benzene rings is 2. The maximum Gasteiger partial charge on any atom is 0.323 e. The molecule has 4 rings (SSSR count). The van der Waals surface area contributed by atoms with Crippen LogP contribution in [0.4, 0.5) is 16.2 Å². The quantitative estimate of drug-likeness (QED) is 0.862. The van der Waals surface area contributed by atoms with Crippen molar-refractivity contribution in [3.63, 3.8) is 0 Å². The van der Waals surface area contributed by atoms with E-state index in [2.05, 4.69) is 30.4 Å². The molecule has 2 aliphatic rings. The van der Waals surface area contributed by atoms with Gasteiger partial charge in [-0.25, -0.2) is 4.79 Å². The number of aliphatic imine (C=N–C) groups is 2. The zero-order valence-electron chi connectivity index (χ0n) is 16.1. The number of likely N-dealkylation sites (N-methyl/N-ethyl adjacent to an activating group) is 2. The number of urea groups is 1. The third-order valence-electron chi connectivity index (χ3n) is 4.92. The Balaban J connectivity index is 1.35. The van der Waals surface area contributed by atoms with E-state index in [1.807, 2.05) is 62.6 Å². The lowest BCUT2D eigenvalue weighted by Gasteiger charge is -2.15. The molecular formula is C21H24N6O. The van der Waals surface area contributed by atoms with Gasteiger partial charge in [-0.15, -0.1) is 0 Å². The van der Waals surface area contributed by atoms with E-state index >= 15 is 0 Å². The minimum Gasteiger partial charge on any atom is -0.358 e. The van der Waals surface area contributed by atoms with E-state index in [9.17, 15) is 4.79 Å². The van der Waals surface area contributed by atoms with E-state index in [1.54, 1.807) is 0 Å². The van der Waals surface area contributed by atoms with Crippen molar-refractivity contribution in [1.82, 2.24) is 9.80 Å². The van der Waals surface area contributed by atoms with Crippen LogP contribution in [0.1, 0.15) is 11.1 Å². The molecule has 0 atom stereocenters. The number of anilines is 2. The van der Waals surface area contributed by atoms with Gasteiger partial charge in [0.05, 0.1) is 13.1 Å². The van der Waals surface area contributed by atoms with Crippen LogP contribution >= 0.6 is 0 Å². The molecule has 2 heterocycles. The third kappa shape index (κ3) is 3.83. The molecule has 0 aromatic heterocycles. The lowest BCUT2D eigenvalue weighted by Crippen LogP contribution is -2.24. The zero-order chi connectivity index (χ0) is 19.5. The fourth-order valence-electron chi connectivity index (χ4n) is 3.39. The molecule has 2 N–H and O–H groups in total. The van der Waals surface area contributed by atoms with Gasteiger partial charge >= 0.3 is 6.03 Å². The molecule has 7 heteroatoms. The topological polar surface area (TPSA) is 72.3 Å². The molecule has 144 valence electrons. The van der Waals surface area contributed by atoms with Crippen LogP contribution in [0.15, 0.2) is 58.5 Å². The second-order valence-electron chi connectivity index (χ2n) is 6.99. The van der Waals surface area contributed by atoms with E-state index in [1.165, 1.54) is 0 Å². The Morgan fingerprint density at radius 1 is 0.750 bits per heavy atom. The third-order valence-corrected chi connectivity index (χ3v) is 4.92. The van der Waals surface area contributed by atoms with Crippen LogP contribution in [0.25, 0.3) is 0 Å². The second-order valence-corrected chi connectivity index (χ2v) is 6.99. The summed E-state index contributed by atoms with van der Waals surface area (Å²) in [5.41, 5.74) is 3.59. The highest BCUT2D eigenvalue weighted by molar-refractivity contribution is 6.03. The Morgan fingerprint density at radius 2 is 1.14 bits per heavy atom. The van der Waals surface area contributed by atoms with Crippen molar-refractivity contribution in [2.45, 2.75) is 0 Å². The highest BCUT2D eigenvalue weighted by Crippen LogP contribution is 2.16. The summed E-state index contributed by atoms with van der Waals surface area (Å²) in [6.45, 7) is 3.55. The monoisotopic (exact) mass is 376 g/mol. The first kappa shape index (κ1) is 18.0. The van der Waals surface area contributed by atoms with Crippen molar-refractivity contribution in [2.75, 3.05) is 50.9 Å². The van der Waals surface area contributed by atoms with Crippen molar-refractivity contribution < 1.29 is 4.79 Å².